The van der Waals surface area contributed by atoms with E-state index in [9.17, 15) is 18.0 Å². The molecule has 4 aromatic carbocycles. The number of nitrogens with one attached hydrogen (secondary N) is 1. The van der Waals surface area contributed by atoms with E-state index in [-0.39, 0.29) is 22.8 Å². The molecular weight excluding hydrogens is 522 g/mol. The van der Waals surface area contributed by atoms with E-state index in [1.165, 1.54) is 4.31 Å². The zero-order chi connectivity index (χ0) is 27.9. The number of anilines is 2. The Hall–Kier alpha value is -4.27. The van der Waals surface area contributed by atoms with E-state index in [1.807, 2.05) is 49.4 Å². The van der Waals surface area contributed by atoms with E-state index in [0.29, 0.717) is 42.0 Å². The largest absolute Gasteiger partial charge is 0.322 e. The van der Waals surface area contributed by atoms with Gasteiger partial charge in [0, 0.05) is 35.9 Å². The molecule has 1 atom stereocenters. The quantitative estimate of drug-likeness (QED) is 0.351. The Morgan fingerprint density at radius 3 is 2.33 bits per heavy atom. The summed E-state index contributed by atoms with van der Waals surface area (Å²) in [6.07, 6.45) is 1.49. The third kappa shape index (κ3) is 4.69. The molecule has 0 unspecified atom stereocenters. The first kappa shape index (κ1) is 26.0. The number of amides is 2. The summed E-state index contributed by atoms with van der Waals surface area (Å²) in [5.41, 5.74) is 4.85. The number of sulfonamides is 1. The molecule has 1 saturated heterocycles. The van der Waals surface area contributed by atoms with Crippen LogP contribution in [-0.4, -0.2) is 43.7 Å². The lowest BCUT2D eigenvalue weighted by molar-refractivity contribution is 0.0981. The van der Waals surface area contributed by atoms with Crippen LogP contribution in [0.5, 0.6) is 0 Å². The molecule has 0 saturated carbocycles. The fourth-order valence-electron chi connectivity index (χ4n) is 5.55. The molecular formula is C32H29N3O4S. The van der Waals surface area contributed by atoms with Crippen molar-refractivity contribution in [3.05, 3.63) is 114 Å². The molecule has 1 N–H and O–H groups in total. The summed E-state index contributed by atoms with van der Waals surface area (Å²) in [5, 5.41) is 2.94. The molecule has 2 heterocycles. The third-order valence-corrected chi connectivity index (χ3v) is 9.63. The highest BCUT2D eigenvalue weighted by Crippen LogP contribution is 2.37. The summed E-state index contributed by atoms with van der Waals surface area (Å²) in [7, 11) is -3.69. The maximum Gasteiger partial charge on any atom is 0.258 e. The van der Waals surface area contributed by atoms with E-state index in [4.69, 9.17) is 0 Å². The van der Waals surface area contributed by atoms with Crippen molar-refractivity contribution in [3.63, 3.8) is 0 Å². The second-order valence-corrected chi connectivity index (χ2v) is 12.1. The Labute approximate surface area is 234 Å². The minimum atomic E-state index is -3.69. The second-order valence-electron chi connectivity index (χ2n) is 10.2. The molecule has 2 aliphatic heterocycles. The number of carbonyl (C=O) groups is 2. The maximum atomic E-state index is 13.7. The lowest BCUT2D eigenvalue weighted by atomic mass is 9.98. The molecule has 6 rings (SSSR count). The highest BCUT2D eigenvalue weighted by atomic mass is 32.2. The zero-order valence-corrected chi connectivity index (χ0v) is 22.9. The molecule has 7 nitrogen and oxygen atoms in total. The fourth-order valence-corrected chi connectivity index (χ4v) is 7.43. The Bertz CT molecular complexity index is 1700. The second kappa shape index (κ2) is 10.4. The minimum Gasteiger partial charge on any atom is -0.322 e. The molecule has 0 spiro atoms. The van der Waals surface area contributed by atoms with Crippen molar-refractivity contribution >= 4 is 33.2 Å². The van der Waals surface area contributed by atoms with Crippen LogP contribution in [0.4, 0.5) is 11.4 Å². The Morgan fingerprint density at radius 1 is 0.850 bits per heavy atom. The number of aryl methyl sites for hydroxylation is 1. The average Bonchev–Trinajstić information content (AvgIpc) is 3.43. The molecule has 0 aromatic heterocycles. The number of nitrogens with zero attached hydrogens (tertiary/aromatic N) is 2. The summed E-state index contributed by atoms with van der Waals surface area (Å²) in [4.78, 5) is 28.7. The van der Waals surface area contributed by atoms with Gasteiger partial charge in [0.25, 0.3) is 11.8 Å². The first-order chi connectivity index (χ1) is 19.3. The lowest BCUT2D eigenvalue weighted by Gasteiger charge is -2.25. The summed E-state index contributed by atoms with van der Waals surface area (Å²) >= 11 is 0. The number of hydrogen-bond donors (Lipinski definition) is 1. The first-order valence-corrected chi connectivity index (χ1v) is 14.8. The molecule has 8 heteroatoms. The maximum absolute atomic E-state index is 13.7. The van der Waals surface area contributed by atoms with Crippen LogP contribution in [0, 0.1) is 6.92 Å². The van der Waals surface area contributed by atoms with Crippen molar-refractivity contribution in [1.82, 2.24) is 4.31 Å². The predicted molar refractivity (Wildman–Crippen MR) is 156 cm³/mol. The smallest absolute Gasteiger partial charge is 0.258 e. The number of carbonyl (C=O) groups excluding carboxylic acids is 2. The van der Waals surface area contributed by atoms with Crippen molar-refractivity contribution in [3.8, 4) is 11.1 Å². The van der Waals surface area contributed by atoms with Crippen LogP contribution < -0.4 is 10.2 Å². The molecule has 0 radical (unpaired) electrons. The summed E-state index contributed by atoms with van der Waals surface area (Å²) in [6, 6.07) is 28.6. The SMILES string of the molecule is Cc1ccc(-c2ccccc2C(=O)Nc2ccc(C(=O)N3C[C@@H]4CCCN4S(=O)(=O)c4ccccc43)cc2)cc1. The standard InChI is InChI=1S/C32H29N3O4S/c1-22-12-14-23(15-13-22)27-8-2-3-9-28(27)31(36)33-25-18-16-24(17-19-25)32(37)34-21-26-7-6-20-35(26)40(38,39)30-11-5-4-10-29(30)34/h2-5,8-19,26H,6-7,20-21H2,1H3,(H,33,36)/t26-/m0/s1. The van der Waals surface area contributed by atoms with Gasteiger partial charge in [0.1, 0.15) is 4.90 Å². The number of hydrogen-bond acceptors (Lipinski definition) is 4. The molecule has 1 fully saturated rings. The lowest BCUT2D eigenvalue weighted by Crippen LogP contribution is -2.42. The van der Waals surface area contributed by atoms with Crippen LogP contribution in [-0.2, 0) is 10.0 Å². The van der Waals surface area contributed by atoms with E-state index in [1.54, 1.807) is 59.5 Å². The van der Waals surface area contributed by atoms with Gasteiger partial charge in [0.15, 0.2) is 0 Å². The molecule has 2 amide bonds. The number of benzene rings is 4. The van der Waals surface area contributed by atoms with Crippen LogP contribution in [0.1, 0.15) is 39.1 Å². The third-order valence-electron chi connectivity index (χ3n) is 7.63. The van der Waals surface area contributed by atoms with Gasteiger partial charge in [-0.15, -0.1) is 0 Å². The number of fused-ring (bicyclic) bond motifs is 2. The highest BCUT2D eigenvalue weighted by molar-refractivity contribution is 7.89. The van der Waals surface area contributed by atoms with E-state index < -0.39 is 10.0 Å². The minimum absolute atomic E-state index is 0.156. The van der Waals surface area contributed by atoms with Crippen LogP contribution >= 0.6 is 0 Å². The molecule has 202 valence electrons. The summed E-state index contributed by atoms with van der Waals surface area (Å²) in [5.74, 6) is -0.526. The van der Waals surface area contributed by atoms with Gasteiger partial charge < -0.3 is 10.2 Å². The van der Waals surface area contributed by atoms with Crippen molar-refractivity contribution in [2.45, 2.75) is 30.7 Å². The van der Waals surface area contributed by atoms with E-state index >= 15 is 0 Å². The highest BCUT2D eigenvalue weighted by Gasteiger charge is 2.42. The van der Waals surface area contributed by atoms with Crippen molar-refractivity contribution in [2.24, 2.45) is 0 Å². The normalized spacial score (nSPS) is 17.9. The summed E-state index contributed by atoms with van der Waals surface area (Å²) in [6.45, 7) is 2.78. The van der Waals surface area contributed by atoms with Gasteiger partial charge >= 0.3 is 0 Å². The van der Waals surface area contributed by atoms with Gasteiger partial charge in [-0.05, 0) is 73.4 Å². The molecule has 0 bridgehead atoms. The van der Waals surface area contributed by atoms with Gasteiger partial charge in [0.05, 0.1) is 5.69 Å². The molecule has 0 aliphatic carbocycles. The van der Waals surface area contributed by atoms with Crippen molar-refractivity contribution in [1.29, 1.82) is 0 Å². The summed E-state index contributed by atoms with van der Waals surface area (Å²) < 4.78 is 28.2. The Morgan fingerprint density at radius 2 is 1.55 bits per heavy atom. The van der Waals surface area contributed by atoms with Gasteiger partial charge in [-0.3, -0.25) is 9.59 Å². The monoisotopic (exact) mass is 551 g/mol. The van der Waals surface area contributed by atoms with E-state index in [0.717, 1.165) is 23.1 Å². The zero-order valence-electron chi connectivity index (χ0n) is 22.1. The van der Waals surface area contributed by atoms with Crippen molar-refractivity contribution < 1.29 is 18.0 Å². The Balaban J connectivity index is 1.25. The first-order valence-electron chi connectivity index (χ1n) is 13.3. The Kier molecular flexibility index (Phi) is 6.73. The van der Waals surface area contributed by atoms with Crippen LogP contribution in [0.2, 0.25) is 0 Å². The van der Waals surface area contributed by atoms with Crippen LogP contribution in [0.15, 0.2) is 102 Å². The van der Waals surface area contributed by atoms with Crippen LogP contribution in [0.25, 0.3) is 11.1 Å². The predicted octanol–water partition coefficient (Wildman–Crippen LogP) is 5.73. The number of para-hydroxylation sites is 1. The average molecular weight is 552 g/mol. The topological polar surface area (TPSA) is 86.8 Å². The van der Waals surface area contributed by atoms with Gasteiger partial charge in [0.2, 0.25) is 10.0 Å². The molecule has 40 heavy (non-hydrogen) atoms. The van der Waals surface area contributed by atoms with Crippen LogP contribution in [0.3, 0.4) is 0 Å². The number of rotatable bonds is 4. The van der Waals surface area contributed by atoms with Gasteiger partial charge in [-0.1, -0.05) is 60.2 Å². The van der Waals surface area contributed by atoms with Crippen molar-refractivity contribution in [2.75, 3.05) is 23.3 Å². The van der Waals surface area contributed by atoms with Gasteiger partial charge in [-0.2, -0.15) is 4.31 Å². The fraction of sp³-hybridized carbons (Fsp3) is 0.188. The molecule has 4 aromatic rings. The molecule has 2 aliphatic rings. The van der Waals surface area contributed by atoms with Gasteiger partial charge in [-0.25, -0.2) is 8.42 Å². The van der Waals surface area contributed by atoms with E-state index in [2.05, 4.69) is 5.32 Å².